The van der Waals surface area contributed by atoms with Crippen molar-refractivity contribution in [3.8, 4) is 0 Å². The number of ether oxygens (including phenoxy) is 1. The zero-order valence-corrected chi connectivity index (χ0v) is 18.6. The summed E-state index contributed by atoms with van der Waals surface area (Å²) < 4.78 is 5.36. The molecule has 0 aliphatic carbocycles. The van der Waals surface area contributed by atoms with Gasteiger partial charge in [-0.25, -0.2) is 15.2 Å². The van der Waals surface area contributed by atoms with E-state index in [9.17, 15) is 9.59 Å². The lowest BCUT2D eigenvalue weighted by atomic mass is 9.84. The zero-order valence-electron chi connectivity index (χ0n) is 18.6. The quantitative estimate of drug-likeness (QED) is 0.501. The molecule has 0 heterocycles. The van der Waals surface area contributed by atoms with Crippen molar-refractivity contribution in [3.05, 3.63) is 83.4 Å². The molecule has 2 rings (SSSR count). The molecule has 5 nitrogen and oxygen atoms in total. The minimum Gasteiger partial charge on any atom is -0.443 e. The summed E-state index contributed by atoms with van der Waals surface area (Å²) in [5.74, 6) is -0.278. The lowest BCUT2D eigenvalue weighted by Crippen LogP contribution is -2.56. The highest BCUT2D eigenvalue weighted by Crippen LogP contribution is 2.28. The Kier molecular flexibility index (Phi) is 7.81. The number of hydrogen-bond acceptors (Lipinski definition) is 3. The van der Waals surface area contributed by atoms with Crippen LogP contribution in [0.1, 0.15) is 54.2 Å². The van der Waals surface area contributed by atoms with Gasteiger partial charge in [0.05, 0.1) is 6.04 Å². The summed E-state index contributed by atoms with van der Waals surface area (Å²) in [6.45, 7) is 13.9. The van der Waals surface area contributed by atoms with Gasteiger partial charge in [-0.3, -0.25) is 4.79 Å². The molecule has 30 heavy (non-hydrogen) atoms. The first-order valence-electron chi connectivity index (χ1n) is 10.1. The molecule has 2 aromatic rings. The maximum atomic E-state index is 13.4. The van der Waals surface area contributed by atoms with Gasteiger partial charge in [0.1, 0.15) is 6.61 Å². The third-order valence-electron chi connectivity index (χ3n) is 4.81. The SMILES string of the molecule is C=CC[C@H](N(NC(=O)OCc1ccccc1)C(=O)c1cc(C)cc(C)c1)C(C)(C)C. The maximum Gasteiger partial charge on any atom is 0.426 e. The fraction of sp³-hybridized carbons (Fsp3) is 0.360. The number of nitrogens with one attached hydrogen (secondary N) is 1. The van der Waals surface area contributed by atoms with Crippen molar-refractivity contribution in [2.24, 2.45) is 5.41 Å². The topological polar surface area (TPSA) is 58.6 Å². The van der Waals surface area contributed by atoms with E-state index in [-0.39, 0.29) is 24.0 Å². The van der Waals surface area contributed by atoms with Crippen molar-refractivity contribution >= 4 is 12.0 Å². The minimum absolute atomic E-state index is 0.125. The summed E-state index contributed by atoms with van der Waals surface area (Å²) >= 11 is 0. The van der Waals surface area contributed by atoms with E-state index in [1.54, 1.807) is 6.08 Å². The molecular weight excluding hydrogens is 376 g/mol. The molecule has 0 unspecified atom stereocenters. The van der Waals surface area contributed by atoms with Crippen LogP contribution in [-0.4, -0.2) is 23.1 Å². The Bertz CT molecular complexity index is 865. The highest BCUT2D eigenvalue weighted by Gasteiger charge is 2.35. The molecule has 0 fully saturated rings. The average Bonchev–Trinajstić information content (AvgIpc) is 2.67. The van der Waals surface area contributed by atoms with Crippen molar-refractivity contribution in [1.29, 1.82) is 0 Å². The number of carbonyl (C=O) groups is 2. The molecule has 0 radical (unpaired) electrons. The summed E-state index contributed by atoms with van der Waals surface area (Å²) in [7, 11) is 0. The number of rotatable bonds is 6. The van der Waals surface area contributed by atoms with E-state index >= 15 is 0 Å². The summed E-state index contributed by atoms with van der Waals surface area (Å²) in [5.41, 5.74) is 5.76. The number of hydrazine groups is 1. The normalized spacial score (nSPS) is 12.0. The molecular formula is C25H32N2O3. The third kappa shape index (κ3) is 6.48. The predicted molar refractivity (Wildman–Crippen MR) is 120 cm³/mol. The number of amides is 2. The molecule has 0 aliphatic rings. The van der Waals surface area contributed by atoms with E-state index in [4.69, 9.17) is 4.74 Å². The molecule has 2 amide bonds. The monoisotopic (exact) mass is 408 g/mol. The molecule has 5 heteroatoms. The van der Waals surface area contributed by atoms with Crippen molar-refractivity contribution < 1.29 is 14.3 Å². The van der Waals surface area contributed by atoms with Gasteiger partial charge in [0, 0.05) is 5.56 Å². The van der Waals surface area contributed by atoms with E-state index < -0.39 is 6.09 Å². The highest BCUT2D eigenvalue weighted by molar-refractivity contribution is 5.95. The van der Waals surface area contributed by atoms with Gasteiger partial charge < -0.3 is 4.74 Å². The van der Waals surface area contributed by atoms with Gasteiger partial charge in [-0.1, -0.05) is 74.4 Å². The Hall–Kier alpha value is -3.08. The molecule has 0 aromatic heterocycles. The summed E-state index contributed by atoms with van der Waals surface area (Å²) in [6, 6.07) is 14.8. The van der Waals surface area contributed by atoms with Crippen molar-refractivity contribution in [3.63, 3.8) is 0 Å². The number of carbonyl (C=O) groups excluding carboxylic acids is 2. The first kappa shape index (κ1) is 23.2. The third-order valence-corrected chi connectivity index (χ3v) is 4.81. The average molecular weight is 409 g/mol. The second-order valence-corrected chi connectivity index (χ2v) is 8.63. The number of aryl methyl sites for hydroxylation is 2. The standard InChI is InChI=1S/C25H32N2O3/c1-7-11-22(25(4,5)6)27(23(28)21-15-18(2)14-19(3)16-21)26-24(29)30-17-20-12-9-8-10-13-20/h7-10,12-16,22H,1,11,17H2,2-6H3,(H,26,29)/t22-/m0/s1. The van der Waals surface area contributed by atoms with Gasteiger partial charge in [0.15, 0.2) is 0 Å². The molecule has 1 atom stereocenters. The molecule has 160 valence electrons. The van der Waals surface area contributed by atoms with Crippen LogP contribution in [0.2, 0.25) is 0 Å². The van der Waals surface area contributed by atoms with E-state index in [2.05, 4.69) is 12.0 Å². The lowest BCUT2D eigenvalue weighted by molar-refractivity contribution is 0.0280. The van der Waals surface area contributed by atoms with Crippen LogP contribution in [0.15, 0.2) is 61.2 Å². The second-order valence-electron chi connectivity index (χ2n) is 8.63. The fourth-order valence-electron chi connectivity index (χ4n) is 3.37. The number of hydrogen-bond donors (Lipinski definition) is 1. The van der Waals surface area contributed by atoms with E-state index in [0.717, 1.165) is 16.7 Å². The minimum atomic E-state index is -0.671. The molecule has 0 saturated heterocycles. The van der Waals surface area contributed by atoms with Gasteiger partial charge in [-0.15, -0.1) is 6.58 Å². The Morgan fingerprint density at radius 2 is 1.70 bits per heavy atom. The molecule has 0 saturated carbocycles. The maximum absolute atomic E-state index is 13.4. The van der Waals surface area contributed by atoms with Crippen LogP contribution in [0.4, 0.5) is 4.79 Å². The van der Waals surface area contributed by atoms with E-state index in [1.165, 1.54) is 5.01 Å². The summed E-state index contributed by atoms with van der Waals surface area (Å²) in [4.78, 5) is 26.0. The fourth-order valence-corrected chi connectivity index (χ4v) is 3.37. The summed E-state index contributed by atoms with van der Waals surface area (Å²) in [5, 5.41) is 1.39. The van der Waals surface area contributed by atoms with Gasteiger partial charge in [0.25, 0.3) is 5.91 Å². The van der Waals surface area contributed by atoms with Crippen molar-refractivity contribution in [1.82, 2.24) is 10.4 Å². The van der Waals surface area contributed by atoms with E-state index in [1.807, 2.05) is 83.1 Å². The first-order chi connectivity index (χ1) is 14.1. The predicted octanol–water partition coefficient (Wildman–Crippen LogP) is 5.58. The van der Waals surface area contributed by atoms with Crippen LogP contribution >= 0.6 is 0 Å². The first-order valence-corrected chi connectivity index (χ1v) is 10.1. The lowest BCUT2D eigenvalue weighted by Gasteiger charge is -2.39. The van der Waals surface area contributed by atoms with Gasteiger partial charge in [0.2, 0.25) is 0 Å². The molecule has 0 bridgehead atoms. The van der Waals surface area contributed by atoms with Crippen LogP contribution in [0.3, 0.4) is 0 Å². The van der Waals surface area contributed by atoms with Crippen LogP contribution in [0, 0.1) is 19.3 Å². The Balaban J connectivity index is 2.28. The summed E-state index contributed by atoms with van der Waals surface area (Å²) in [6.07, 6.45) is 1.61. The van der Waals surface area contributed by atoms with Crippen LogP contribution < -0.4 is 5.43 Å². The molecule has 0 spiro atoms. The largest absolute Gasteiger partial charge is 0.443 e. The van der Waals surface area contributed by atoms with Crippen molar-refractivity contribution in [2.75, 3.05) is 0 Å². The molecule has 2 aromatic carbocycles. The highest BCUT2D eigenvalue weighted by atomic mass is 16.6. The Labute approximate surface area is 179 Å². The molecule has 1 N–H and O–H groups in total. The smallest absolute Gasteiger partial charge is 0.426 e. The Morgan fingerprint density at radius 1 is 1.10 bits per heavy atom. The molecule has 0 aliphatic heterocycles. The number of nitrogens with zero attached hydrogens (tertiary/aromatic N) is 1. The second kappa shape index (κ2) is 10.1. The zero-order chi connectivity index (χ0) is 22.3. The van der Waals surface area contributed by atoms with Crippen LogP contribution in [0.5, 0.6) is 0 Å². The van der Waals surface area contributed by atoms with Gasteiger partial charge in [-0.05, 0) is 43.4 Å². The van der Waals surface area contributed by atoms with Gasteiger partial charge >= 0.3 is 6.09 Å². The van der Waals surface area contributed by atoms with Gasteiger partial charge in [-0.2, -0.15) is 0 Å². The Morgan fingerprint density at radius 3 is 2.23 bits per heavy atom. The van der Waals surface area contributed by atoms with Crippen LogP contribution in [-0.2, 0) is 11.3 Å². The van der Waals surface area contributed by atoms with E-state index in [0.29, 0.717) is 12.0 Å². The number of benzene rings is 2. The van der Waals surface area contributed by atoms with Crippen molar-refractivity contribution in [2.45, 2.75) is 53.7 Å². The van der Waals surface area contributed by atoms with Crippen LogP contribution in [0.25, 0.3) is 0 Å².